The molecule has 0 radical (unpaired) electrons. The Labute approximate surface area is 168 Å². The number of carbonyl (C=O) groups is 1. The van der Waals surface area contributed by atoms with Crippen LogP contribution < -0.4 is 0 Å². The molecule has 5 heteroatoms. The number of unbranched alkanes of at least 4 members (excludes halogenated alkanes) is 4. The second-order valence-corrected chi connectivity index (χ2v) is 10.5. The summed E-state index contributed by atoms with van der Waals surface area (Å²) in [4.78, 5) is 11.8. The zero-order valence-electron chi connectivity index (χ0n) is 17.1. The summed E-state index contributed by atoms with van der Waals surface area (Å²) in [6.07, 6.45) is 10.6. The minimum absolute atomic E-state index is 0.0703. The summed E-state index contributed by atoms with van der Waals surface area (Å²) in [6.45, 7) is 8.73. The van der Waals surface area contributed by atoms with E-state index in [-0.39, 0.29) is 16.4 Å². The summed E-state index contributed by atoms with van der Waals surface area (Å²) in [7, 11) is 0. The van der Waals surface area contributed by atoms with Gasteiger partial charge < -0.3 is 14.6 Å². The van der Waals surface area contributed by atoms with E-state index in [2.05, 4.69) is 29.8 Å². The van der Waals surface area contributed by atoms with Crippen molar-refractivity contribution in [2.75, 3.05) is 6.61 Å². The molecule has 1 N–H and O–H groups in total. The maximum atomic E-state index is 11.8. The number of hydrogen-bond donors (Lipinski definition) is 1. The number of halogens is 1. The lowest BCUT2D eigenvalue weighted by molar-refractivity contribution is -0.144. The predicted molar refractivity (Wildman–Crippen MR) is 110 cm³/mol. The molecule has 0 amide bonds. The van der Waals surface area contributed by atoms with Gasteiger partial charge in [-0.25, -0.2) is 0 Å². The van der Waals surface area contributed by atoms with E-state index < -0.39 is 0 Å². The van der Waals surface area contributed by atoms with Gasteiger partial charge in [-0.15, -0.1) is 0 Å². The number of alkyl halides is 1. The van der Waals surface area contributed by atoms with Crippen molar-refractivity contribution in [1.82, 2.24) is 0 Å². The van der Waals surface area contributed by atoms with Gasteiger partial charge in [0.25, 0.3) is 0 Å². The Kier molecular flexibility index (Phi) is 11.4. The quantitative estimate of drug-likeness (QED) is 0.162. The summed E-state index contributed by atoms with van der Waals surface area (Å²) < 4.78 is 10.5. The molecule has 4 atom stereocenters. The van der Waals surface area contributed by atoms with Gasteiger partial charge in [0.2, 0.25) is 0 Å². The summed E-state index contributed by atoms with van der Waals surface area (Å²) >= 11 is 3.50. The topological polar surface area (TPSA) is 59.1 Å². The molecule has 1 aliphatic heterocycles. The maximum Gasteiger partial charge on any atom is 0.305 e. The molecular weight excluding hydrogens is 396 g/mol. The predicted octanol–water partition coefficient (Wildman–Crippen LogP) is 5.39. The molecule has 0 aromatic heterocycles. The Bertz CT molecular complexity index is 394. The van der Waals surface area contributed by atoms with Crippen LogP contribution >= 0.6 is 15.9 Å². The van der Waals surface area contributed by atoms with Crippen molar-refractivity contribution >= 4 is 21.9 Å². The van der Waals surface area contributed by atoms with E-state index in [1.54, 1.807) is 0 Å². The zero-order chi connectivity index (χ0) is 19.6. The van der Waals surface area contributed by atoms with Crippen LogP contribution in [-0.4, -0.2) is 40.3 Å². The number of aliphatic hydroxyl groups excluding tert-OH is 1. The SMILES string of the molecule is CC(CCOC(=O)CCCCCCC[C@H]1O[C@H]1C)CCC(O)C(C)(C)Br. The van der Waals surface area contributed by atoms with E-state index in [9.17, 15) is 9.90 Å². The van der Waals surface area contributed by atoms with Crippen molar-refractivity contribution in [3.8, 4) is 0 Å². The highest BCUT2D eigenvalue weighted by atomic mass is 79.9. The van der Waals surface area contributed by atoms with Gasteiger partial charge in [-0.1, -0.05) is 48.5 Å². The van der Waals surface area contributed by atoms with Gasteiger partial charge in [0, 0.05) is 10.7 Å². The van der Waals surface area contributed by atoms with Gasteiger partial charge in [0.05, 0.1) is 24.9 Å². The number of aliphatic hydroxyl groups is 1. The molecule has 0 spiro atoms. The number of hydrogen-bond acceptors (Lipinski definition) is 4. The number of rotatable bonds is 15. The highest BCUT2D eigenvalue weighted by molar-refractivity contribution is 9.10. The first kappa shape index (κ1) is 23.9. The number of ether oxygens (including phenoxy) is 2. The monoisotopic (exact) mass is 434 g/mol. The molecular formula is C21H39BrO4. The van der Waals surface area contributed by atoms with Crippen LogP contribution in [0.3, 0.4) is 0 Å². The summed E-state index contributed by atoms with van der Waals surface area (Å²) in [5.74, 6) is 0.379. The Hall–Kier alpha value is -0.130. The summed E-state index contributed by atoms with van der Waals surface area (Å²) in [5, 5.41) is 10.0. The lowest BCUT2D eigenvalue weighted by Gasteiger charge is -2.25. The number of carbonyl (C=O) groups excluding carboxylic acids is 1. The van der Waals surface area contributed by atoms with E-state index in [0.717, 1.165) is 32.1 Å². The molecule has 26 heavy (non-hydrogen) atoms. The molecule has 154 valence electrons. The van der Waals surface area contributed by atoms with Crippen LogP contribution in [0.5, 0.6) is 0 Å². The fourth-order valence-corrected chi connectivity index (χ4v) is 3.28. The third kappa shape index (κ3) is 11.6. The van der Waals surface area contributed by atoms with Gasteiger partial charge in [-0.2, -0.15) is 0 Å². The molecule has 0 saturated carbocycles. The van der Waals surface area contributed by atoms with Crippen molar-refractivity contribution in [2.24, 2.45) is 5.92 Å². The van der Waals surface area contributed by atoms with E-state index in [1.165, 1.54) is 25.7 Å². The third-order valence-corrected chi connectivity index (χ3v) is 5.83. The van der Waals surface area contributed by atoms with Crippen LogP contribution in [0.2, 0.25) is 0 Å². The highest BCUT2D eigenvalue weighted by Crippen LogP contribution is 2.27. The fourth-order valence-electron chi connectivity index (χ4n) is 3.05. The second kappa shape index (κ2) is 12.4. The Morgan fingerprint density at radius 1 is 1.15 bits per heavy atom. The maximum absolute atomic E-state index is 11.8. The largest absolute Gasteiger partial charge is 0.466 e. The van der Waals surface area contributed by atoms with Crippen LogP contribution in [0.1, 0.15) is 91.9 Å². The van der Waals surface area contributed by atoms with Crippen LogP contribution in [0.15, 0.2) is 0 Å². The Morgan fingerprint density at radius 3 is 2.38 bits per heavy atom. The molecule has 4 nitrogen and oxygen atoms in total. The first-order valence-corrected chi connectivity index (χ1v) is 11.2. The van der Waals surface area contributed by atoms with Gasteiger partial charge >= 0.3 is 5.97 Å². The molecule has 1 fully saturated rings. The van der Waals surface area contributed by atoms with Gasteiger partial charge in [0.15, 0.2) is 0 Å². The lowest BCUT2D eigenvalue weighted by Crippen LogP contribution is -2.29. The van der Waals surface area contributed by atoms with Gasteiger partial charge in [-0.3, -0.25) is 4.79 Å². The molecule has 1 aliphatic rings. The van der Waals surface area contributed by atoms with Crippen molar-refractivity contribution in [3.63, 3.8) is 0 Å². The minimum atomic E-state index is -0.354. The van der Waals surface area contributed by atoms with Crippen molar-refractivity contribution < 1.29 is 19.4 Å². The van der Waals surface area contributed by atoms with Crippen LogP contribution in [0.4, 0.5) is 0 Å². The van der Waals surface area contributed by atoms with E-state index in [0.29, 0.717) is 31.2 Å². The normalized spacial score (nSPS) is 22.1. The van der Waals surface area contributed by atoms with Gasteiger partial charge in [-0.05, 0) is 58.8 Å². The molecule has 1 saturated heterocycles. The number of epoxide rings is 1. The molecule has 1 heterocycles. The van der Waals surface area contributed by atoms with Gasteiger partial charge in [0.1, 0.15) is 0 Å². The smallest absolute Gasteiger partial charge is 0.305 e. The third-order valence-electron chi connectivity index (χ3n) is 5.30. The van der Waals surface area contributed by atoms with E-state index in [4.69, 9.17) is 9.47 Å². The molecule has 0 bridgehead atoms. The Balaban J connectivity index is 1.89. The second-order valence-electron chi connectivity index (χ2n) is 8.46. The summed E-state index contributed by atoms with van der Waals surface area (Å²) in [5.41, 5.74) is 0. The average molecular weight is 435 g/mol. The molecule has 1 rings (SSSR count). The van der Waals surface area contributed by atoms with Crippen LogP contribution in [-0.2, 0) is 14.3 Å². The lowest BCUT2D eigenvalue weighted by atomic mass is 9.95. The highest BCUT2D eigenvalue weighted by Gasteiger charge is 2.32. The van der Waals surface area contributed by atoms with Crippen LogP contribution in [0, 0.1) is 5.92 Å². The van der Waals surface area contributed by atoms with E-state index in [1.807, 2.05) is 13.8 Å². The van der Waals surface area contributed by atoms with Crippen molar-refractivity contribution in [1.29, 1.82) is 0 Å². The molecule has 0 aromatic carbocycles. The number of esters is 1. The van der Waals surface area contributed by atoms with Crippen LogP contribution in [0.25, 0.3) is 0 Å². The first-order chi connectivity index (χ1) is 12.2. The van der Waals surface area contributed by atoms with Crippen molar-refractivity contribution in [3.05, 3.63) is 0 Å². The molecule has 0 aliphatic carbocycles. The minimum Gasteiger partial charge on any atom is -0.466 e. The Morgan fingerprint density at radius 2 is 1.77 bits per heavy atom. The fraction of sp³-hybridized carbons (Fsp3) is 0.952. The zero-order valence-corrected chi connectivity index (χ0v) is 18.7. The first-order valence-electron chi connectivity index (χ1n) is 10.4. The van der Waals surface area contributed by atoms with Crippen molar-refractivity contribution in [2.45, 2.75) is 115 Å². The standard InChI is InChI=1S/C21H39BrO4/c1-16(12-13-19(23)21(3,4)22)14-15-25-20(24)11-9-7-5-6-8-10-18-17(2)26-18/h16-19,23H,5-15H2,1-4H3/t16?,17-,18+,19?/m0/s1. The van der Waals surface area contributed by atoms with E-state index >= 15 is 0 Å². The average Bonchev–Trinajstić information content (AvgIpc) is 3.26. The molecule has 0 aromatic rings. The molecule has 2 unspecified atom stereocenters. The summed E-state index contributed by atoms with van der Waals surface area (Å²) in [6, 6.07) is 0.